The zero-order valence-corrected chi connectivity index (χ0v) is 10.9. The van der Waals surface area contributed by atoms with Crippen LogP contribution in [0.15, 0.2) is 43.1 Å². The number of carbonyl (C=O) groups is 1. The maximum Gasteiger partial charge on any atom is 0.270 e. The molecule has 0 bridgehead atoms. The van der Waals surface area contributed by atoms with Crippen LogP contribution in [0.25, 0.3) is 0 Å². The maximum atomic E-state index is 13.5. The molecule has 2 rings (SSSR count). The second kappa shape index (κ2) is 6.56. The van der Waals surface area contributed by atoms with E-state index in [0.29, 0.717) is 6.54 Å². The quantitative estimate of drug-likeness (QED) is 0.830. The molecule has 0 aliphatic carbocycles. The molecule has 5 nitrogen and oxygen atoms in total. The molecule has 0 unspecified atom stereocenters. The van der Waals surface area contributed by atoms with Crippen LogP contribution < -0.4 is 10.6 Å². The Hall–Kier alpha value is -2.83. The summed E-state index contributed by atoms with van der Waals surface area (Å²) in [6, 6.07) is 4.48. The minimum absolute atomic E-state index is 0.0139. The maximum absolute atomic E-state index is 13.5. The predicted molar refractivity (Wildman–Crippen MR) is 74.2 cm³/mol. The molecular formula is C14H12F2N4O. The molecule has 0 spiro atoms. The number of benzene rings is 1. The number of aromatic nitrogens is 2. The van der Waals surface area contributed by atoms with Crippen molar-refractivity contribution >= 4 is 17.5 Å². The summed E-state index contributed by atoms with van der Waals surface area (Å²) in [6.45, 7) is 3.79. The number of hydrogen-bond donors (Lipinski definition) is 2. The molecule has 0 aliphatic heterocycles. The van der Waals surface area contributed by atoms with E-state index in [1.165, 1.54) is 24.4 Å². The van der Waals surface area contributed by atoms with Crippen LogP contribution in [0.4, 0.5) is 20.4 Å². The Balaban J connectivity index is 2.17. The van der Waals surface area contributed by atoms with Crippen molar-refractivity contribution in [1.82, 2.24) is 15.3 Å². The number of nitrogens with zero attached hydrogens (tertiary/aromatic N) is 2. The van der Waals surface area contributed by atoms with Gasteiger partial charge in [-0.15, -0.1) is 6.58 Å². The molecule has 7 heteroatoms. The first-order chi connectivity index (χ1) is 10.1. The third-order valence-electron chi connectivity index (χ3n) is 2.47. The predicted octanol–water partition coefficient (Wildman–Crippen LogP) is 2.41. The van der Waals surface area contributed by atoms with Crippen LogP contribution in [0.5, 0.6) is 0 Å². The molecule has 2 aromatic rings. The largest absolute Gasteiger partial charge is 0.347 e. The van der Waals surface area contributed by atoms with Crippen molar-refractivity contribution < 1.29 is 13.6 Å². The summed E-state index contributed by atoms with van der Waals surface area (Å²) < 4.78 is 26.3. The summed E-state index contributed by atoms with van der Waals surface area (Å²) in [5, 5.41) is 5.15. The molecule has 21 heavy (non-hydrogen) atoms. The Kier molecular flexibility index (Phi) is 4.55. The monoisotopic (exact) mass is 290 g/mol. The fourth-order valence-corrected chi connectivity index (χ4v) is 1.51. The Morgan fingerprint density at radius 3 is 2.86 bits per heavy atom. The SMILES string of the molecule is C=CCNC(=O)c1ccnc(Nc2ccc(F)cc2F)n1. The molecule has 1 amide bonds. The molecule has 108 valence electrons. The lowest BCUT2D eigenvalue weighted by Crippen LogP contribution is -2.24. The summed E-state index contributed by atoms with van der Waals surface area (Å²) in [5.74, 6) is -1.83. The summed E-state index contributed by atoms with van der Waals surface area (Å²) in [7, 11) is 0. The lowest BCUT2D eigenvalue weighted by Gasteiger charge is -2.07. The highest BCUT2D eigenvalue weighted by molar-refractivity contribution is 5.92. The average molecular weight is 290 g/mol. The van der Waals surface area contributed by atoms with Gasteiger partial charge in [0.1, 0.15) is 17.3 Å². The van der Waals surface area contributed by atoms with Gasteiger partial charge in [-0.25, -0.2) is 18.7 Å². The van der Waals surface area contributed by atoms with E-state index in [2.05, 4.69) is 27.2 Å². The summed E-state index contributed by atoms with van der Waals surface area (Å²) in [4.78, 5) is 19.6. The van der Waals surface area contributed by atoms with Crippen LogP contribution in [0.3, 0.4) is 0 Å². The van der Waals surface area contributed by atoms with Crippen LogP contribution in [0.1, 0.15) is 10.5 Å². The Bertz CT molecular complexity index is 676. The number of amides is 1. The normalized spacial score (nSPS) is 10.0. The number of hydrogen-bond acceptors (Lipinski definition) is 4. The number of anilines is 2. The molecule has 0 saturated carbocycles. The Labute approximate surface area is 119 Å². The highest BCUT2D eigenvalue weighted by Crippen LogP contribution is 2.18. The highest BCUT2D eigenvalue weighted by atomic mass is 19.1. The first-order valence-electron chi connectivity index (χ1n) is 6.04. The Morgan fingerprint density at radius 1 is 1.33 bits per heavy atom. The smallest absolute Gasteiger partial charge is 0.270 e. The molecule has 2 N–H and O–H groups in total. The van der Waals surface area contributed by atoms with E-state index in [4.69, 9.17) is 0 Å². The van der Waals surface area contributed by atoms with Crippen LogP contribution in [0.2, 0.25) is 0 Å². The van der Waals surface area contributed by atoms with Crippen molar-refractivity contribution in [2.45, 2.75) is 0 Å². The first kappa shape index (κ1) is 14.6. The highest BCUT2D eigenvalue weighted by Gasteiger charge is 2.09. The van der Waals surface area contributed by atoms with Gasteiger partial charge in [0, 0.05) is 18.8 Å². The van der Waals surface area contributed by atoms with Gasteiger partial charge in [-0.05, 0) is 18.2 Å². The molecule has 0 radical (unpaired) electrons. The molecule has 1 heterocycles. The van der Waals surface area contributed by atoms with Crippen molar-refractivity contribution in [2.75, 3.05) is 11.9 Å². The average Bonchev–Trinajstić information content (AvgIpc) is 2.48. The number of halogens is 2. The fraction of sp³-hybridized carbons (Fsp3) is 0.0714. The van der Waals surface area contributed by atoms with E-state index < -0.39 is 17.5 Å². The van der Waals surface area contributed by atoms with E-state index in [1.807, 2.05) is 0 Å². The van der Waals surface area contributed by atoms with Gasteiger partial charge >= 0.3 is 0 Å². The second-order valence-electron chi connectivity index (χ2n) is 4.01. The van der Waals surface area contributed by atoms with Crippen LogP contribution in [-0.4, -0.2) is 22.4 Å². The molecule has 0 fully saturated rings. The molecular weight excluding hydrogens is 278 g/mol. The molecule has 0 atom stereocenters. The lowest BCUT2D eigenvalue weighted by atomic mass is 10.3. The van der Waals surface area contributed by atoms with Gasteiger partial charge in [0.05, 0.1) is 5.69 Å². The lowest BCUT2D eigenvalue weighted by molar-refractivity contribution is 0.0953. The number of carbonyl (C=O) groups excluding carboxylic acids is 1. The standard InChI is InChI=1S/C14H12F2N4O/c1-2-6-17-13(21)12-5-7-18-14(20-12)19-11-4-3-9(15)8-10(11)16/h2-5,7-8H,1,6H2,(H,17,21)(H,18,19,20). The van der Waals surface area contributed by atoms with Gasteiger partial charge in [-0.2, -0.15) is 0 Å². The first-order valence-corrected chi connectivity index (χ1v) is 6.04. The second-order valence-corrected chi connectivity index (χ2v) is 4.01. The van der Waals surface area contributed by atoms with Gasteiger partial charge < -0.3 is 10.6 Å². The molecule has 0 aliphatic rings. The zero-order valence-electron chi connectivity index (χ0n) is 10.9. The van der Waals surface area contributed by atoms with Gasteiger partial charge in [0.2, 0.25) is 5.95 Å². The van der Waals surface area contributed by atoms with Crippen LogP contribution >= 0.6 is 0 Å². The number of rotatable bonds is 5. The zero-order chi connectivity index (χ0) is 15.2. The van der Waals surface area contributed by atoms with Crippen LogP contribution in [0, 0.1) is 11.6 Å². The molecule has 0 saturated heterocycles. The van der Waals surface area contributed by atoms with Crippen molar-refractivity contribution in [3.05, 3.63) is 60.4 Å². The minimum atomic E-state index is -0.778. The van der Waals surface area contributed by atoms with Crippen molar-refractivity contribution in [3.8, 4) is 0 Å². The van der Waals surface area contributed by atoms with E-state index in [1.54, 1.807) is 0 Å². The minimum Gasteiger partial charge on any atom is -0.347 e. The summed E-state index contributed by atoms with van der Waals surface area (Å²) in [5.41, 5.74) is 0.136. The van der Waals surface area contributed by atoms with E-state index in [0.717, 1.165) is 12.1 Å². The molecule has 1 aromatic heterocycles. The van der Waals surface area contributed by atoms with Crippen molar-refractivity contribution in [1.29, 1.82) is 0 Å². The van der Waals surface area contributed by atoms with E-state index in [-0.39, 0.29) is 17.3 Å². The van der Waals surface area contributed by atoms with Gasteiger partial charge in [-0.1, -0.05) is 6.08 Å². The van der Waals surface area contributed by atoms with Crippen molar-refractivity contribution in [3.63, 3.8) is 0 Å². The van der Waals surface area contributed by atoms with E-state index >= 15 is 0 Å². The summed E-state index contributed by atoms with van der Waals surface area (Å²) >= 11 is 0. The molecule has 1 aromatic carbocycles. The van der Waals surface area contributed by atoms with Gasteiger partial charge in [-0.3, -0.25) is 4.79 Å². The summed E-state index contributed by atoms with van der Waals surface area (Å²) in [6.07, 6.45) is 2.89. The third-order valence-corrected chi connectivity index (χ3v) is 2.47. The topological polar surface area (TPSA) is 66.9 Å². The van der Waals surface area contributed by atoms with Crippen LogP contribution in [-0.2, 0) is 0 Å². The van der Waals surface area contributed by atoms with Crippen molar-refractivity contribution in [2.24, 2.45) is 0 Å². The third kappa shape index (κ3) is 3.82. The Morgan fingerprint density at radius 2 is 2.14 bits per heavy atom. The van der Waals surface area contributed by atoms with Gasteiger partial charge in [0.25, 0.3) is 5.91 Å². The number of nitrogens with one attached hydrogen (secondary N) is 2. The van der Waals surface area contributed by atoms with Gasteiger partial charge in [0.15, 0.2) is 0 Å². The fourth-order valence-electron chi connectivity index (χ4n) is 1.51. The van der Waals surface area contributed by atoms with E-state index in [9.17, 15) is 13.6 Å².